The van der Waals surface area contributed by atoms with Crippen LogP contribution in [0.5, 0.6) is 0 Å². The molecule has 23 heavy (non-hydrogen) atoms. The number of hydrogen-bond acceptors (Lipinski definition) is 6. The summed E-state index contributed by atoms with van der Waals surface area (Å²) >= 11 is 0. The van der Waals surface area contributed by atoms with E-state index >= 15 is 0 Å². The molecule has 0 spiro atoms. The number of sulfonamides is 2. The van der Waals surface area contributed by atoms with Crippen molar-refractivity contribution < 1.29 is 48.3 Å². The second-order valence-electron chi connectivity index (χ2n) is 4.12. The van der Waals surface area contributed by atoms with Gasteiger partial charge < -0.3 is 8.86 Å². The molecule has 0 fully saturated rings. The van der Waals surface area contributed by atoms with Crippen LogP contribution in [-0.4, -0.2) is 46.6 Å². The Morgan fingerprint density at radius 2 is 1.61 bits per heavy atom. The molecule has 0 heterocycles. The fourth-order valence-corrected chi connectivity index (χ4v) is 3.55. The molecule has 0 N–H and O–H groups in total. The van der Waals surface area contributed by atoms with Gasteiger partial charge in [0.1, 0.15) is 0 Å². The number of rotatable bonds is 8. The third-order valence-electron chi connectivity index (χ3n) is 1.99. The van der Waals surface area contributed by atoms with Crippen molar-refractivity contribution in [2.45, 2.75) is 24.8 Å². The molecule has 14 heteroatoms. The molecular weight excluding hydrogens is 377 g/mol. The molecule has 7 nitrogen and oxygen atoms in total. The SMILES string of the molecule is C=C(C)C(=O)OCCCS(=O)(=O)[N-]S(=O)(=O)C(F)(F)C(F)(F)F. The number of carbonyl (C=O) groups is 1. The molecule has 0 saturated carbocycles. The predicted molar refractivity (Wildman–Crippen MR) is 67.5 cm³/mol. The topological polar surface area (TPSA) is 109 Å². The maximum absolute atomic E-state index is 12.7. The minimum atomic E-state index is -6.69. The monoisotopic (exact) mass is 388 g/mol. The summed E-state index contributed by atoms with van der Waals surface area (Å²) < 4.78 is 111. The average Bonchev–Trinajstić information content (AvgIpc) is 2.31. The van der Waals surface area contributed by atoms with Gasteiger partial charge in [0.25, 0.3) is 0 Å². The third-order valence-corrected chi connectivity index (χ3v) is 5.37. The highest BCUT2D eigenvalue weighted by Gasteiger charge is 2.64. The van der Waals surface area contributed by atoms with E-state index < -0.39 is 56.2 Å². The van der Waals surface area contributed by atoms with Crippen molar-refractivity contribution in [3.8, 4) is 0 Å². The van der Waals surface area contributed by atoms with Crippen molar-refractivity contribution in [2.75, 3.05) is 12.4 Å². The number of nitrogens with zero attached hydrogens (tertiary/aromatic N) is 1. The molecule has 0 aliphatic rings. The normalized spacial score (nSPS) is 13.7. The van der Waals surface area contributed by atoms with Gasteiger partial charge in [-0.1, -0.05) is 6.58 Å². The second kappa shape index (κ2) is 7.09. The second-order valence-corrected chi connectivity index (χ2v) is 7.75. The number of halogens is 5. The summed E-state index contributed by atoms with van der Waals surface area (Å²) in [6, 6.07) is 0. The van der Waals surface area contributed by atoms with Gasteiger partial charge in [0.2, 0.25) is 0 Å². The van der Waals surface area contributed by atoms with E-state index in [1.54, 1.807) is 4.13 Å². The van der Waals surface area contributed by atoms with Gasteiger partial charge in [-0.05, 0) is 13.3 Å². The van der Waals surface area contributed by atoms with E-state index in [2.05, 4.69) is 11.3 Å². The first-order valence-electron chi connectivity index (χ1n) is 5.52. The number of hydrogen-bond donors (Lipinski definition) is 0. The summed E-state index contributed by atoms with van der Waals surface area (Å²) in [7, 11) is -11.8. The lowest BCUT2D eigenvalue weighted by atomic mass is 10.4. The van der Waals surface area contributed by atoms with Crippen molar-refractivity contribution in [2.24, 2.45) is 0 Å². The van der Waals surface area contributed by atoms with E-state index in [1.807, 2.05) is 0 Å². The van der Waals surface area contributed by atoms with E-state index in [0.29, 0.717) is 0 Å². The van der Waals surface area contributed by atoms with Crippen LogP contribution in [0.3, 0.4) is 0 Å². The maximum Gasteiger partial charge on any atom is 0.467 e. The first kappa shape index (κ1) is 21.7. The summed E-state index contributed by atoms with van der Waals surface area (Å²) in [4.78, 5) is 10.9. The van der Waals surface area contributed by atoms with Crippen molar-refractivity contribution in [3.63, 3.8) is 0 Å². The molecule has 0 aromatic rings. The molecule has 0 amide bonds. The highest BCUT2D eigenvalue weighted by Crippen LogP contribution is 2.42. The molecule has 0 bridgehead atoms. The minimum absolute atomic E-state index is 0.0232. The van der Waals surface area contributed by atoms with Crippen molar-refractivity contribution in [1.29, 1.82) is 0 Å². The zero-order valence-electron chi connectivity index (χ0n) is 11.4. The number of carbonyl (C=O) groups excluding carboxylic acids is 1. The predicted octanol–water partition coefficient (Wildman–Crippen LogP) is 1.68. The van der Waals surface area contributed by atoms with E-state index in [0.717, 1.165) is 0 Å². The Kier molecular flexibility index (Phi) is 6.69. The molecule has 0 aliphatic heterocycles. The van der Waals surface area contributed by atoms with Crippen LogP contribution in [0, 0.1) is 0 Å². The third kappa shape index (κ3) is 6.02. The van der Waals surface area contributed by atoms with Crippen LogP contribution in [-0.2, 0) is 29.6 Å². The number of ether oxygens (including phenoxy) is 1. The number of esters is 1. The lowest BCUT2D eigenvalue weighted by Gasteiger charge is -2.28. The van der Waals surface area contributed by atoms with E-state index in [9.17, 15) is 43.6 Å². The Labute approximate surface area is 128 Å². The van der Waals surface area contributed by atoms with Gasteiger partial charge in [-0.25, -0.2) is 21.6 Å². The summed E-state index contributed by atoms with van der Waals surface area (Å²) in [5.74, 6) is -2.11. The van der Waals surface area contributed by atoms with Gasteiger partial charge in [0, 0.05) is 11.3 Å². The molecule has 0 radical (unpaired) electrons. The van der Waals surface area contributed by atoms with Crippen LogP contribution in [0.1, 0.15) is 13.3 Å². The van der Waals surface area contributed by atoms with Crippen LogP contribution < -0.4 is 0 Å². The highest BCUT2D eigenvalue weighted by atomic mass is 32.3. The molecule has 0 saturated heterocycles. The van der Waals surface area contributed by atoms with Crippen LogP contribution >= 0.6 is 0 Å². The fraction of sp³-hybridized carbons (Fsp3) is 0.667. The molecule has 0 aromatic heterocycles. The average molecular weight is 388 g/mol. The fourth-order valence-electron chi connectivity index (χ4n) is 0.909. The van der Waals surface area contributed by atoms with Crippen molar-refractivity contribution >= 4 is 26.0 Å². The zero-order chi connectivity index (χ0) is 18.7. The van der Waals surface area contributed by atoms with Gasteiger partial charge in [-0.15, -0.1) is 0 Å². The van der Waals surface area contributed by atoms with Crippen LogP contribution in [0.15, 0.2) is 12.2 Å². The van der Waals surface area contributed by atoms with Crippen molar-refractivity contribution in [3.05, 3.63) is 16.3 Å². The van der Waals surface area contributed by atoms with E-state index in [4.69, 9.17) is 0 Å². The lowest BCUT2D eigenvalue weighted by molar-refractivity contribution is -0.240. The van der Waals surface area contributed by atoms with Crippen molar-refractivity contribution in [1.82, 2.24) is 0 Å². The van der Waals surface area contributed by atoms with Crippen LogP contribution in [0.4, 0.5) is 22.0 Å². The lowest BCUT2D eigenvalue weighted by Crippen LogP contribution is -2.44. The summed E-state index contributed by atoms with van der Waals surface area (Å²) in [5, 5.41) is -6.35. The maximum atomic E-state index is 12.7. The summed E-state index contributed by atoms with van der Waals surface area (Å²) in [6.45, 7) is 3.92. The summed E-state index contributed by atoms with van der Waals surface area (Å²) in [6.07, 6.45) is -7.10. The first-order chi connectivity index (χ1) is 10.0. The number of alkyl halides is 5. The molecule has 0 unspecified atom stereocenters. The first-order valence-corrected chi connectivity index (χ1v) is 8.57. The van der Waals surface area contributed by atoms with Crippen LogP contribution in [0.25, 0.3) is 4.13 Å². The van der Waals surface area contributed by atoms with Gasteiger partial charge >= 0.3 is 17.4 Å². The molecule has 0 rings (SSSR count). The van der Waals surface area contributed by atoms with Gasteiger partial charge in [0.05, 0.1) is 16.6 Å². The molecule has 0 atom stereocenters. The summed E-state index contributed by atoms with van der Waals surface area (Å²) in [5.41, 5.74) is -0.0232. The highest BCUT2D eigenvalue weighted by molar-refractivity contribution is 8.12. The van der Waals surface area contributed by atoms with Gasteiger partial charge in [-0.3, -0.25) is 0 Å². The van der Waals surface area contributed by atoms with E-state index in [1.165, 1.54) is 6.92 Å². The largest absolute Gasteiger partial charge is 0.467 e. The van der Waals surface area contributed by atoms with E-state index in [-0.39, 0.29) is 5.57 Å². The zero-order valence-corrected chi connectivity index (χ0v) is 13.1. The quantitative estimate of drug-likeness (QED) is 0.271. The Bertz CT molecular complexity index is 667. The van der Waals surface area contributed by atoms with Gasteiger partial charge in [-0.2, -0.15) is 22.0 Å². The molecule has 0 aromatic carbocycles. The smallest absolute Gasteiger partial charge is 0.462 e. The Morgan fingerprint density at radius 3 is 2.00 bits per heavy atom. The molecular formula is C9H11F5NO6S2-. The minimum Gasteiger partial charge on any atom is -0.462 e. The van der Waals surface area contributed by atoms with Gasteiger partial charge in [0.15, 0.2) is 10.0 Å². The standard InChI is InChI=1S/C9H11F5NO6S2/c1-6(2)7(16)21-4-3-5-22(17,18)15-23(19,20)9(13,14)8(10,11)12/h1,3-5H2,2H3/q-1. The molecule has 136 valence electrons. The Balaban J connectivity index is 4.82. The van der Waals surface area contributed by atoms with Crippen LogP contribution in [0.2, 0.25) is 0 Å². The molecule has 0 aliphatic carbocycles. The Morgan fingerprint density at radius 1 is 1.13 bits per heavy atom. The Hall–Kier alpha value is -1.28.